The van der Waals surface area contributed by atoms with Gasteiger partial charge in [0.1, 0.15) is 0 Å². The van der Waals surface area contributed by atoms with Crippen LogP contribution in [0, 0.1) is 0 Å². The average Bonchev–Trinajstić information content (AvgIpc) is 2.59. The Morgan fingerprint density at radius 2 is 2.00 bits per heavy atom. The minimum Gasteiger partial charge on any atom is -0.377 e. The van der Waals surface area contributed by atoms with Gasteiger partial charge in [0.25, 0.3) is 0 Å². The summed E-state index contributed by atoms with van der Waals surface area (Å²) in [6.45, 7) is 5.63. The molecule has 0 saturated heterocycles. The fraction of sp³-hybridized carbons (Fsp3) is 0.500. The maximum atomic E-state index is 5.37. The van der Waals surface area contributed by atoms with Crippen molar-refractivity contribution in [3.8, 4) is 0 Å². The Morgan fingerprint density at radius 1 is 1.18 bits per heavy atom. The van der Waals surface area contributed by atoms with E-state index in [1.54, 1.807) is 7.11 Å². The van der Waals surface area contributed by atoms with E-state index in [0.717, 1.165) is 25.9 Å². The lowest BCUT2D eigenvalue weighted by atomic mass is 10.0. The van der Waals surface area contributed by atoms with E-state index in [4.69, 9.17) is 4.74 Å². The predicted molar refractivity (Wildman–Crippen MR) is 94.1 cm³/mol. The zero-order valence-corrected chi connectivity index (χ0v) is 14.0. The smallest absolute Gasteiger partial charge is 0.0789 e. The molecule has 0 amide bonds. The van der Waals surface area contributed by atoms with E-state index in [9.17, 15) is 0 Å². The van der Waals surface area contributed by atoms with E-state index in [0.29, 0.717) is 0 Å². The van der Waals surface area contributed by atoms with Crippen molar-refractivity contribution < 1.29 is 4.74 Å². The molecule has 2 heteroatoms. The zero-order valence-electron chi connectivity index (χ0n) is 14.0. The molecule has 0 fully saturated rings. The highest BCUT2D eigenvalue weighted by molar-refractivity contribution is 5.26. The highest BCUT2D eigenvalue weighted by atomic mass is 16.5. The lowest BCUT2D eigenvalue weighted by Gasteiger charge is -2.24. The first kappa shape index (κ1) is 17.0. The summed E-state index contributed by atoms with van der Waals surface area (Å²) in [6.07, 6.45) is 11.7. The number of rotatable bonds is 9. The molecule has 2 nitrogen and oxygen atoms in total. The summed E-state index contributed by atoms with van der Waals surface area (Å²) in [5.74, 6) is 0. The zero-order chi connectivity index (χ0) is 15.6. The molecule has 1 atom stereocenters. The van der Waals surface area contributed by atoms with Crippen LogP contribution in [0.25, 0.3) is 0 Å². The van der Waals surface area contributed by atoms with Gasteiger partial charge in [-0.15, -0.1) is 0 Å². The van der Waals surface area contributed by atoms with Crippen LogP contribution < -0.4 is 0 Å². The van der Waals surface area contributed by atoms with E-state index >= 15 is 0 Å². The first-order valence-corrected chi connectivity index (χ1v) is 8.48. The van der Waals surface area contributed by atoms with Crippen LogP contribution in [0.3, 0.4) is 0 Å². The molecule has 0 aliphatic heterocycles. The van der Waals surface area contributed by atoms with Gasteiger partial charge in [0.2, 0.25) is 0 Å². The van der Waals surface area contributed by atoms with Crippen LogP contribution in [0.1, 0.15) is 31.7 Å². The van der Waals surface area contributed by atoms with Crippen LogP contribution >= 0.6 is 0 Å². The fourth-order valence-corrected chi connectivity index (χ4v) is 2.78. The molecule has 22 heavy (non-hydrogen) atoms. The second kappa shape index (κ2) is 9.60. The Hall–Kier alpha value is -1.38. The molecule has 0 saturated carbocycles. The largest absolute Gasteiger partial charge is 0.377 e. The third-order valence-corrected chi connectivity index (χ3v) is 4.23. The van der Waals surface area contributed by atoms with Crippen molar-refractivity contribution in [3.05, 3.63) is 59.7 Å². The molecule has 0 radical (unpaired) electrons. The Morgan fingerprint density at radius 3 is 2.64 bits per heavy atom. The van der Waals surface area contributed by atoms with Gasteiger partial charge >= 0.3 is 0 Å². The van der Waals surface area contributed by atoms with Crippen LogP contribution in [0.4, 0.5) is 0 Å². The number of hydrogen-bond donors (Lipinski definition) is 0. The standard InChI is InChI=1S/C20H29NO/c1-3-4-15-21(16-14-18-8-6-5-7-9-18)17-19-10-12-20(22-2)13-11-19/h5-12,20H,3-4,13-17H2,1-2H3. The fourth-order valence-electron chi connectivity index (χ4n) is 2.78. The van der Waals surface area contributed by atoms with Crippen molar-refractivity contribution in [1.82, 2.24) is 4.90 Å². The van der Waals surface area contributed by atoms with E-state index in [1.807, 2.05) is 0 Å². The summed E-state index contributed by atoms with van der Waals surface area (Å²) in [6, 6.07) is 10.8. The van der Waals surface area contributed by atoms with E-state index in [2.05, 4.69) is 60.4 Å². The van der Waals surface area contributed by atoms with E-state index in [-0.39, 0.29) is 6.10 Å². The first-order chi connectivity index (χ1) is 10.8. The molecule has 1 aromatic rings. The minimum absolute atomic E-state index is 0.261. The van der Waals surface area contributed by atoms with Gasteiger partial charge in [0.05, 0.1) is 6.10 Å². The Labute approximate surface area is 135 Å². The number of ether oxygens (including phenoxy) is 1. The number of hydrogen-bond acceptors (Lipinski definition) is 2. The number of benzene rings is 1. The van der Waals surface area contributed by atoms with Gasteiger partial charge in [-0.05, 0) is 36.9 Å². The summed E-state index contributed by atoms with van der Waals surface area (Å²) >= 11 is 0. The molecule has 1 aliphatic carbocycles. The van der Waals surface area contributed by atoms with Crippen molar-refractivity contribution in [3.63, 3.8) is 0 Å². The second-order valence-electron chi connectivity index (χ2n) is 6.01. The predicted octanol–water partition coefficient (Wildman–Crippen LogP) is 4.23. The van der Waals surface area contributed by atoms with Crippen molar-refractivity contribution in [1.29, 1.82) is 0 Å². The normalized spacial score (nSPS) is 17.8. The van der Waals surface area contributed by atoms with Gasteiger partial charge in [-0.2, -0.15) is 0 Å². The van der Waals surface area contributed by atoms with Gasteiger partial charge in [-0.25, -0.2) is 0 Å². The van der Waals surface area contributed by atoms with Gasteiger partial charge in [0.15, 0.2) is 0 Å². The monoisotopic (exact) mass is 299 g/mol. The second-order valence-corrected chi connectivity index (χ2v) is 6.01. The highest BCUT2D eigenvalue weighted by Gasteiger charge is 2.11. The Balaban J connectivity index is 1.86. The maximum Gasteiger partial charge on any atom is 0.0789 e. The summed E-state index contributed by atoms with van der Waals surface area (Å²) in [4.78, 5) is 2.58. The third kappa shape index (κ3) is 5.78. The molecule has 0 bridgehead atoms. The molecule has 0 spiro atoms. The molecule has 1 aliphatic rings. The van der Waals surface area contributed by atoms with Gasteiger partial charge < -0.3 is 4.74 Å². The topological polar surface area (TPSA) is 12.5 Å². The van der Waals surface area contributed by atoms with E-state index < -0.39 is 0 Å². The third-order valence-electron chi connectivity index (χ3n) is 4.23. The first-order valence-electron chi connectivity index (χ1n) is 8.48. The number of methoxy groups -OCH3 is 1. The lowest BCUT2D eigenvalue weighted by molar-refractivity contribution is 0.142. The molecular formula is C20H29NO. The van der Waals surface area contributed by atoms with Crippen molar-refractivity contribution >= 4 is 0 Å². The highest BCUT2D eigenvalue weighted by Crippen LogP contribution is 2.15. The molecule has 1 unspecified atom stereocenters. The molecule has 0 N–H and O–H groups in total. The summed E-state index contributed by atoms with van der Waals surface area (Å²) < 4.78 is 5.37. The molecule has 120 valence electrons. The van der Waals surface area contributed by atoms with Crippen molar-refractivity contribution in [2.75, 3.05) is 26.7 Å². The summed E-state index contributed by atoms with van der Waals surface area (Å²) in [7, 11) is 1.78. The van der Waals surface area contributed by atoms with Gasteiger partial charge in [-0.1, -0.05) is 61.9 Å². The summed E-state index contributed by atoms with van der Waals surface area (Å²) in [5, 5.41) is 0. The number of nitrogens with zero attached hydrogens (tertiary/aromatic N) is 1. The minimum atomic E-state index is 0.261. The number of unbranched alkanes of at least 4 members (excludes halogenated alkanes) is 1. The molecular weight excluding hydrogens is 270 g/mol. The SMILES string of the molecule is CCCCN(CCc1ccccc1)CC1=CCC(OC)C=C1. The summed E-state index contributed by atoms with van der Waals surface area (Å²) in [5.41, 5.74) is 2.86. The lowest BCUT2D eigenvalue weighted by Crippen LogP contribution is -2.29. The van der Waals surface area contributed by atoms with Crippen LogP contribution in [-0.2, 0) is 11.2 Å². The van der Waals surface area contributed by atoms with Crippen molar-refractivity contribution in [2.45, 2.75) is 38.7 Å². The molecule has 0 aromatic heterocycles. The molecule has 1 aromatic carbocycles. The van der Waals surface area contributed by atoms with Crippen LogP contribution in [-0.4, -0.2) is 37.7 Å². The molecule has 2 rings (SSSR count). The molecule has 0 heterocycles. The van der Waals surface area contributed by atoms with Crippen LogP contribution in [0.5, 0.6) is 0 Å². The van der Waals surface area contributed by atoms with Crippen LogP contribution in [0.15, 0.2) is 54.1 Å². The Bertz CT molecular complexity index is 478. The van der Waals surface area contributed by atoms with Gasteiger partial charge in [0, 0.05) is 20.2 Å². The average molecular weight is 299 g/mol. The van der Waals surface area contributed by atoms with Crippen LogP contribution in [0.2, 0.25) is 0 Å². The maximum absolute atomic E-state index is 5.37. The quantitative estimate of drug-likeness (QED) is 0.676. The van der Waals surface area contributed by atoms with E-state index in [1.165, 1.54) is 30.5 Å². The Kier molecular flexibility index (Phi) is 7.41. The van der Waals surface area contributed by atoms with Gasteiger partial charge in [-0.3, -0.25) is 4.90 Å². The van der Waals surface area contributed by atoms with Crippen molar-refractivity contribution in [2.24, 2.45) is 0 Å².